The Kier molecular flexibility index (Phi) is 8.47. The second kappa shape index (κ2) is 12.5. The van der Waals surface area contributed by atoms with Crippen LogP contribution in [0.2, 0.25) is 5.15 Å². The molecule has 1 fully saturated rings. The summed E-state index contributed by atoms with van der Waals surface area (Å²) in [4.78, 5) is 55.3. The number of halogens is 1. The SMILES string of the molecule is O=C(OC[C@@H]1O[C@@H](n2ncc(Cl)nc2=O)[C@@H](OC(=O)c2ccccc2)[C@@H]1OC(=O)c1ccccc1)c1ccccc1. The van der Waals surface area contributed by atoms with Crippen LogP contribution in [-0.4, -0.2) is 57.6 Å². The van der Waals surface area contributed by atoms with Gasteiger partial charge in [-0.05, 0) is 36.4 Å². The van der Waals surface area contributed by atoms with Crippen molar-refractivity contribution >= 4 is 29.5 Å². The van der Waals surface area contributed by atoms with Crippen molar-refractivity contribution in [2.24, 2.45) is 0 Å². The van der Waals surface area contributed by atoms with Crippen molar-refractivity contribution in [2.45, 2.75) is 24.5 Å². The van der Waals surface area contributed by atoms with Crippen LogP contribution in [-0.2, 0) is 18.9 Å². The maximum atomic E-state index is 13.1. The smallest absolute Gasteiger partial charge is 0.367 e. The first-order valence-electron chi connectivity index (χ1n) is 12.4. The lowest BCUT2D eigenvalue weighted by Crippen LogP contribution is -2.43. The van der Waals surface area contributed by atoms with Crippen molar-refractivity contribution in [3.05, 3.63) is 130 Å². The maximum Gasteiger partial charge on any atom is 0.367 e. The number of carbonyl (C=O) groups excluding carboxylic acids is 3. The molecule has 0 saturated carbocycles. The van der Waals surface area contributed by atoms with E-state index in [0.29, 0.717) is 0 Å². The van der Waals surface area contributed by atoms with Gasteiger partial charge in [-0.3, -0.25) is 0 Å². The maximum absolute atomic E-state index is 13.1. The highest BCUT2D eigenvalue weighted by Crippen LogP contribution is 2.34. The minimum atomic E-state index is -1.41. The third-order valence-electron chi connectivity index (χ3n) is 6.11. The molecule has 0 spiro atoms. The minimum absolute atomic E-state index is 0.164. The molecule has 0 N–H and O–H groups in total. The molecule has 0 unspecified atom stereocenters. The van der Waals surface area contributed by atoms with Gasteiger partial charge in [0.15, 0.2) is 23.6 Å². The van der Waals surface area contributed by atoms with E-state index in [-0.39, 0.29) is 21.8 Å². The van der Waals surface area contributed by atoms with Gasteiger partial charge in [-0.2, -0.15) is 14.8 Å². The van der Waals surface area contributed by atoms with E-state index in [0.717, 1.165) is 10.9 Å². The molecule has 1 aliphatic heterocycles. The van der Waals surface area contributed by atoms with E-state index in [1.54, 1.807) is 78.9 Å². The van der Waals surface area contributed by atoms with Gasteiger partial charge in [0.25, 0.3) is 0 Å². The fourth-order valence-corrected chi connectivity index (χ4v) is 4.28. The summed E-state index contributed by atoms with van der Waals surface area (Å²) in [7, 11) is 0. The Balaban J connectivity index is 1.49. The van der Waals surface area contributed by atoms with Crippen LogP contribution >= 0.6 is 11.6 Å². The summed E-state index contributed by atoms with van der Waals surface area (Å²) in [5.41, 5.74) is -0.203. The molecule has 208 valence electrons. The molecule has 11 nitrogen and oxygen atoms in total. The number of aromatic nitrogens is 3. The third kappa shape index (κ3) is 6.48. The molecule has 4 aromatic rings. The van der Waals surface area contributed by atoms with Gasteiger partial charge in [-0.1, -0.05) is 66.2 Å². The molecule has 1 aliphatic rings. The fraction of sp³-hybridized carbons (Fsp3) is 0.172. The average Bonchev–Trinajstić information content (AvgIpc) is 3.33. The van der Waals surface area contributed by atoms with Crippen molar-refractivity contribution in [2.75, 3.05) is 6.61 Å². The highest BCUT2D eigenvalue weighted by Gasteiger charge is 2.52. The molecule has 2 heterocycles. The Morgan fingerprint density at radius 2 is 1.24 bits per heavy atom. The van der Waals surface area contributed by atoms with Gasteiger partial charge >= 0.3 is 23.6 Å². The summed E-state index contributed by atoms with van der Waals surface area (Å²) in [6.45, 7) is -0.411. The van der Waals surface area contributed by atoms with Crippen LogP contribution in [0.3, 0.4) is 0 Å². The third-order valence-corrected chi connectivity index (χ3v) is 6.29. The molecule has 12 heteroatoms. The van der Waals surface area contributed by atoms with E-state index in [9.17, 15) is 19.2 Å². The number of nitrogens with zero attached hydrogens (tertiary/aromatic N) is 3. The van der Waals surface area contributed by atoms with Gasteiger partial charge in [0, 0.05) is 0 Å². The van der Waals surface area contributed by atoms with E-state index in [1.807, 2.05) is 0 Å². The first kappa shape index (κ1) is 27.7. The lowest BCUT2D eigenvalue weighted by molar-refractivity contribution is -0.0698. The first-order valence-corrected chi connectivity index (χ1v) is 12.8. The van der Waals surface area contributed by atoms with Crippen LogP contribution in [0.25, 0.3) is 0 Å². The molecule has 3 aromatic carbocycles. The molecule has 1 aromatic heterocycles. The molecule has 0 bridgehead atoms. The Bertz CT molecular complexity index is 1580. The summed E-state index contributed by atoms with van der Waals surface area (Å²) in [5, 5.41) is 3.82. The number of benzene rings is 3. The number of rotatable bonds is 8. The summed E-state index contributed by atoms with van der Waals surface area (Å²) in [5.74, 6) is -2.19. The largest absolute Gasteiger partial charge is 0.459 e. The van der Waals surface area contributed by atoms with Crippen LogP contribution in [0.1, 0.15) is 37.3 Å². The summed E-state index contributed by atoms with van der Waals surface area (Å²) in [6.07, 6.45) is -4.19. The van der Waals surface area contributed by atoms with Crippen LogP contribution < -0.4 is 5.69 Å². The van der Waals surface area contributed by atoms with Crippen molar-refractivity contribution < 1.29 is 33.3 Å². The molecule has 1 saturated heterocycles. The molecule has 5 rings (SSSR count). The average molecular weight is 576 g/mol. The van der Waals surface area contributed by atoms with Crippen molar-refractivity contribution in [3.63, 3.8) is 0 Å². The highest BCUT2D eigenvalue weighted by atomic mass is 35.5. The standard InChI is InChI=1S/C29H22ClN3O8/c30-22-16-31-33(29(37)32-22)25-24(41-28(36)20-14-8-3-9-15-20)23(40-27(35)19-12-6-2-7-13-19)21(39-25)17-38-26(34)18-10-4-1-5-11-18/h1-16,21,23-25H,17H2/t21-,23+,24-,25+/m0/s1. The first-order chi connectivity index (χ1) is 19.9. The lowest BCUT2D eigenvalue weighted by atomic mass is 10.1. The van der Waals surface area contributed by atoms with E-state index >= 15 is 0 Å². The van der Waals surface area contributed by atoms with E-state index in [4.69, 9.17) is 30.5 Å². The van der Waals surface area contributed by atoms with Gasteiger partial charge in [-0.15, -0.1) is 0 Å². The molecular formula is C29H22ClN3O8. The Hall–Kier alpha value is -4.87. The van der Waals surface area contributed by atoms with Crippen LogP contribution in [0.15, 0.2) is 102 Å². The van der Waals surface area contributed by atoms with Crippen molar-refractivity contribution in [3.8, 4) is 0 Å². The zero-order valence-electron chi connectivity index (χ0n) is 21.2. The zero-order chi connectivity index (χ0) is 28.8. The monoisotopic (exact) mass is 575 g/mol. The second-order valence-corrected chi connectivity index (χ2v) is 9.19. The minimum Gasteiger partial charge on any atom is -0.459 e. The van der Waals surface area contributed by atoms with Gasteiger partial charge in [-0.25, -0.2) is 19.2 Å². The number of hydrogen-bond acceptors (Lipinski definition) is 10. The predicted molar refractivity (Wildman–Crippen MR) is 143 cm³/mol. The molecule has 0 radical (unpaired) electrons. The lowest BCUT2D eigenvalue weighted by Gasteiger charge is -2.24. The van der Waals surface area contributed by atoms with Gasteiger partial charge < -0.3 is 18.9 Å². The molecule has 0 amide bonds. The second-order valence-electron chi connectivity index (χ2n) is 8.81. The molecular weight excluding hydrogens is 554 g/mol. The summed E-state index contributed by atoms with van der Waals surface area (Å²) < 4.78 is 23.9. The number of ether oxygens (including phenoxy) is 4. The van der Waals surface area contributed by atoms with Gasteiger partial charge in [0.2, 0.25) is 0 Å². The quantitative estimate of drug-likeness (QED) is 0.227. The van der Waals surface area contributed by atoms with Crippen LogP contribution in [0, 0.1) is 0 Å². The Morgan fingerprint density at radius 1 is 0.756 bits per heavy atom. The van der Waals surface area contributed by atoms with Crippen LogP contribution in [0.4, 0.5) is 0 Å². The van der Waals surface area contributed by atoms with Gasteiger partial charge in [0.1, 0.15) is 12.7 Å². The Labute approximate surface area is 238 Å². The molecule has 4 atom stereocenters. The molecule has 0 aliphatic carbocycles. The normalized spacial score (nSPS) is 19.7. The number of esters is 3. The van der Waals surface area contributed by atoms with Crippen molar-refractivity contribution in [1.82, 2.24) is 14.8 Å². The summed E-state index contributed by atoms with van der Waals surface area (Å²) in [6, 6.07) is 24.4. The topological polar surface area (TPSA) is 136 Å². The fourth-order valence-electron chi connectivity index (χ4n) is 4.16. The van der Waals surface area contributed by atoms with E-state index < -0.39 is 54.7 Å². The van der Waals surface area contributed by atoms with Crippen LogP contribution in [0.5, 0.6) is 0 Å². The van der Waals surface area contributed by atoms with E-state index in [1.165, 1.54) is 12.1 Å². The summed E-state index contributed by atoms with van der Waals surface area (Å²) >= 11 is 5.82. The Morgan fingerprint density at radius 3 is 1.76 bits per heavy atom. The van der Waals surface area contributed by atoms with Crippen molar-refractivity contribution in [1.29, 1.82) is 0 Å². The highest BCUT2D eigenvalue weighted by molar-refractivity contribution is 6.29. The zero-order valence-corrected chi connectivity index (χ0v) is 22.0. The number of carbonyl (C=O) groups is 3. The predicted octanol–water partition coefficient (Wildman–Crippen LogP) is 3.50. The number of hydrogen-bond donors (Lipinski definition) is 0. The molecule has 41 heavy (non-hydrogen) atoms. The van der Waals surface area contributed by atoms with Gasteiger partial charge in [0.05, 0.1) is 22.9 Å². The van der Waals surface area contributed by atoms with E-state index in [2.05, 4.69) is 10.1 Å².